The van der Waals surface area contributed by atoms with Crippen molar-refractivity contribution >= 4 is 34.4 Å². The zero-order valence-electron chi connectivity index (χ0n) is 19.9. The van der Waals surface area contributed by atoms with E-state index >= 15 is 0 Å². The second kappa shape index (κ2) is 8.64. The third-order valence-electron chi connectivity index (χ3n) is 7.45. The fourth-order valence-electron chi connectivity index (χ4n) is 5.82. The van der Waals surface area contributed by atoms with Gasteiger partial charge in [-0.1, -0.05) is 36.4 Å². The van der Waals surface area contributed by atoms with Gasteiger partial charge < -0.3 is 24.7 Å². The molecule has 0 radical (unpaired) electrons. The Morgan fingerprint density at radius 3 is 2.94 bits per heavy atom. The minimum Gasteiger partial charge on any atom is -0.462 e. The maximum Gasteiger partial charge on any atom is 0.338 e. The summed E-state index contributed by atoms with van der Waals surface area (Å²) in [5.74, 6) is -1.99. The first-order valence-electron chi connectivity index (χ1n) is 12.3. The Labute approximate surface area is 208 Å². The lowest BCUT2D eigenvalue weighted by molar-refractivity contribution is -0.135. The number of aromatic nitrogens is 1. The van der Waals surface area contributed by atoms with Crippen LogP contribution in [0.1, 0.15) is 22.8 Å². The summed E-state index contributed by atoms with van der Waals surface area (Å²) in [6, 6.07) is 14.7. The number of hydrogen-bond acceptors (Lipinski definition) is 5. The van der Waals surface area contributed by atoms with Crippen LogP contribution in [0.15, 0.2) is 66.9 Å². The van der Waals surface area contributed by atoms with Gasteiger partial charge in [-0.25, -0.2) is 4.79 Å². The van der Waals surface area contributed by atoms with Crippen molar-refractivity contribution in [3.63, 3.8) is 0 Å². The third kappa shape index (κ3) is 3.60. The van der Waals surface area contributed by atoms with Gasteiger partial charge in [0.05, 0.1) is 36.7 Å². The number of amides is 2. The molecule has 0 saturated carbocycles. The summed E-state index contributed by atoms with van der Waals surface area (Å²) >= 11 is 0. The molecule has 4 atom stereocenters. The Kier molecular flexibility index (Phi) is 5.41. The van der Waals surface area contributed by atoms with E-state index in [2.05, 4.69) is 16.4 Å². The standard InChI is InChI=1S/C28H27N3O5/c1-2-35-27(34)17-6-5-7-19(14-17)30-25(32)23-22-10-12-28(36-22)16-31(26(33)24(23)28)13-11-18-15-29-21-9-4-3-8-20(18)21/h3-10,12,14-15,22-24,29H,2,11,13,16H2,1H3,(H,30,32). The molecule has 2 bridgehead atoms. The number of carbonyl (C=O) groups excluding carboxylic acids is 3. The van der Waals surface area contributed by atoms with Crippen molar-refractivity contribution in [3.8, 4) is 0 Å². The molecule has 3 aliphatic rings. The predicted molar refractivity (Wildman–Crippen MR) is 133 cm³/mol. The molecule has 3 aliphatic heterocycles. The van der Waals surface area contributed by atoms with Crippen LogP contribution in [0, 0.1) is 11.8 Å². The minimum atomic E-state index is -0.767. The van der Waals surface area contributed by atoms with E-state index in [1.165, 1.54) is 0 Å². The molecule has 2 amide bonds. The number of ether oxygens (including phenoxy) is 2. The summed E-state index contributed by atoms with van der Waals surface area (Å²) in [4.78, 5) is 44.1. The molecule has 8 nitrogen and oxygen atoms in total. The van der Waals surface area contributed by atoms with Gasteiger partial charge in [0.25, 0.3) is 0 Å². The van der Waals surface area contributed by atoms with Crippen LogP contribution in [0.2, 0.25) is 0 Å². The number of aromatic amines is 1. The molecule has 2 aromatic carbocycles. The molecule has 8 heteroatoms. The number of likely N-dealkylation sites (tertiary alicyclic amines) is 1. The lowest BCUT2D eigenvalue weighted by Crippen LogP contribution is -2.41. The molecule has 1 aromatic heterocycles. The molecule has 6 rings (SSSR count). The number of carbonyl (C=O) groups is 3. The van der Waals surface area contributed by atoms with E-state index in [0.29, 0.717) is 30.8 Å². The number of hydrogen-bond donors (Lipinski definition) is 2. The largest absolute Gasteiger partial charge is 0.462 e. The minimum absolute atomic E-state index is 0.0536. The molecule has 2 fully saturated rings. The van der Waals surface area contributed by atoms with Crippen LogP contribution in [-0.4, -0.2) is 59.1 Å². The topological polar surface area (TPSA) is 101 Å². The highest BCUT2D eigenvalue weighted by Crippen LogP contribution is 2.52. The van der Waals surface area contributed by atoms with Crippen LogP contribution in [0.5, 0.6) is 0 Å². The van der Waals surface area contributed by atoms with Gasteiger partial charge in [-0.2, -0.15) is 0 Å². The zero-order chi connectivity index (χ0) is 24.9. The number of fused-ring (bicyclic) bond motifs is 2. The average molecular weight is 486 g/mol. The number of esters is 1. The van der Waals surface area contributed by atoms with E-state index < -0.39 is 29.5 Å². The highest BCUT2D eigenvalue weighted by atomic mass is 16.5. The molecule has 3 aromatic rings. The Bertz CT molecular complexity index is 1390. The highest BCUT2D eigenvalue weighted by Gasteiger charge is 2.66. The van der Waals surface area contributed by atoms with Gasteiger partial charge in [0, 0.05) is 29.3 Å². The molecular weight excluding hydrogens is 458 g/mol. The maximum absolute atomic E-state index is 13.5. The monoisotopic (exact) mass is 485 g/mol. The van der Waals surface area contributed by atoms with Crippen molar-refractivity contribution in [2.45, 2.75) is 25.0 Å². The number of H-pyrrole nitrogens is 1. The van der Waals surface area contributed by atoms with Crippen LogP contribution in [0.4, 0.5) is 5.69 Å². The van der Waals surface area contributed by atoms with E-state index in [9.17, 15) is 14.4 Å². The van der Waals surface area contributed by atoms with Crippen LogP contribution >= 0.6 is 0 Å². The van der Waals surface area contributed by atoms with Gasteiger partial charge in [0.2, 0.25) is 11.8 Å². The molecule has 4 heterocycles. The Balaban J connectivity index is 1.17. The van der Waals surface area contributed by atoms with Gasteiger partial charge in [-0.15, -0.1) is 0 Å². The number of anilines is 1. The molecule has 4 unspecified atom stereocenters. The Morgan fingerprint density at radius 1 is 1.22 bits per heavy atom. The van der Waals surface area contributed by atoms with E-state index in [-0.39, 0.29) is 18.4 Å². The molecule has 1 spiro atoms. The van der Waals surface area contributed by atoms with Crippen molar-refractivity contribution in [2.24, 2.45) is 11.8 Å². The van der Waals surface area contributed by atoms with Gasteiger partial charge >= 0.3 is 5.97 Å². The van der Waals surface area contributed by atoms with Gasteiger partial charge in [0.15, 0.2) is 0 Å². The molecule has 0 aliphatic carbocycles. The molecule has 2 N–H and O–H groups in total. The molecule has 2 saturated heterocycles. The second-order valence-corrected chi connectivity index (χ2v) is 9.56. The first kappa shape index (κ1) is 22.5. The first-order valence-corrected chi connectivity index (χ1v) is 12.3. The van der Waals surface area contributed by atoms with Crippen LogP contribution < -0.4 is 5.32 Å². The summed E-state index contributed by atoms with van der Waals surface area (Å²) < 4.78 is 11.3. The molecular formula is C28H27N3O5. The normalized spacial score (nSPS) is 26.0. The smallest absolute Gasteiger partial charge is 0.338 e. The van der Waals surface area contributed by atoms with Crippen molar-refractivity contribution < 1.29 is 23.9 Å². The highest BCUT2D eigenvalue weighted by molar-refractivity contribution is 6.00. The quantitative estimate of drug-likeness (QED) is 0.395. The number of nitrogens with one attached hydrogen (secondary N) is 2. The van der Waals surface area contributed by atoms with E-state index in [1.807, 2.05) is 41.4 Å². The maximum atomic E-state index is 13.5. The first-order chi connectivity index (χ1) is 17.5. The van der Waals surface area contributed by atoms with Crippen LogP contribution in [-0.2, 0) is 25.5 Å². The van der Waals surface area contributed by atoms with Crippen LogP contribution in [0.3, 0.4) is 0 Å². The van der Waals surface area contributed by atoms with Crippen molar-refractivity contribution in [2.75, 3.05) is 25.0 Å². The fraction of sp³-hybridized carbons (Fsp3) is 0.321. The van der Waals surface area contributed by atoms with Crippen LogP contribution in [0.25, 0.3) is 10.9 Å². The zero-order valence-corrected chi connectivity index (χ0v) is 19.9. The number of benzene rings is 2. The van der Waals surface area contributed by atoms with E-state index in [1.54, 1.807) is 31.2 Å². The average Bonchev–Trinajstić information content (AvgIpc) is 3.63. The molecule has 184 valence electrons. The van der Waals surface area contributed by atoms with E-state index in [0.717, 1.165) is 16.5 Å². The van der Waals surface area contributed by atoms with Gasteiger partial charge in [-0.3, -0.25) is 9.59 Å². The lowest BCUT2D eigenvalue weighted by Gasteiger charge is -2.23. The van der Waals surface area contributed by atoms with Gasteiger partial charge in [0.1, 0.15) is 5.60 Å². The number of para-hydroxylation sites is 1. The van der Waals surface area contributed by atoms with Crippen molar-refractivity contribution in [3.05, 3.63) is 78.0 Å². The number of nitrogens with zero attached hydrogens (tertiary/aromatic N) is 1. The van der Waals surface area contributed by atoms with Crippen molar-refractivity contribution in [1.29, 1.82) is 0 Å². The predicted octanol–water partition coefficient (Wildman–Crippen LogP) is 3.31. The SMILES string of the molecule is CCOC(=O)c1cccc(NC(=O)C2C3C=CC4(CN(CCc5c[nH]c6ccccc56)C(=O)C24)O3)c1. The van der Waals surface area contributed by atoms with Gasteiger partial charge in [-0.05, 0) is 43.2 Å². The summed E-state index contributed by atoms with van der Waals surface area (Å²) in [7, 11) is 0. The Morgan fingerprint density at radius 2 is 2.08 bits per heavy atom. The Hall–Kier alpha value is -3.91. The summed E-state index contributed by atoms with van der Waals surface area (Å²) in [6.07, 6.45) is 6.11. The molecule has 36 heavy (non-hydrogen) atoms. The fourth-order valence-corrected chi connectivity index (χ4v) is 5.82. The van der Waals surface area contributed by atoms with E-state index in [4.69, 9.17) is 9.47 Å². The lowest BCUT2D eigenvalue weighted by atomic mass is 9.76. The van der Waals surface area contributed by atoms with Crippen molar-refractivity contribution in [1.82, 2.24) is 9.88 Å². The summed E-state index contributed by atoms with van der Waals surface area (Å²) in [5, 5.41) is 4.04. The summed E-state index contributed by atoms with van der Waals surface area (Å²) in [6.45, 7) is 3.00. The third-order valence-corrected chi connectivity index (χ3v) is 7.45. The number of rotatable bonds is 7. The summed E-state index contributed by atoms with van der Waals surface area (Å²) in [5.41, 5.74) is 2.30. The second-order valence-electron chi connectivity index (χ2n) is 9.56.